The first-order valence-electron chi connectivity index (χ1n) is 12.6. The lowest BCUT2D eigenvalue weighted by Gasteiger charge is -2.41. The molecular weight excluding hydrogens is 469 g/mol. The summed E-state index contributed by atoms with van der Waals surface area (Å²) in [6.45, 7) is 2.80. The summed E-state index contributed by atoms with van der Waals surface area (Å²) >= 11 is 0. The van der Waals surface area contributed by atoms with Gasteiger partial charge in [0.2, 0.25) is 5.91 Å². The van der Waals surface area contributed by atoms with Crippen LogP contribution in [0.5, 0.6) is 0 Å². The van der Waals surface area contributed by atoms with E-state index < -0.39 is 17.8 Å². The molecule has 1 saturated carbocycles. The molecule has 6 nitrogen and oxygen atoms in total. The van der Waals surface area contributed by atoms with Crippen molar-refractivity contribution in [1.29, 1.82) is 0 Å². The Labute approximate surface area is 209 Å². The van der Waals surface area contributed by atoms with Gasteiger partial charge in [0.1, 0.15) is 0 Å². The van der Waals surface area contributed by atoms with E-state index >= 15 is 0 Å². The number of rotatable bonds is 5. The molecule has 2 aromatic rings. The molecule has 3 fully saturated rings. The van der Waals surface area contributed by atoms with Gasteiger partial charge in [0.25, 0.3) is 5.91 Å². The number of alkyl halides is 3. The number of anilines is 2. The van der Waals surface area contributed by atoms with Gasteiger partial charge in [-0.3, -0.25) is 9.59 Å². The van der Waals surface area contributed by atoms with Crippen LogP contribution in [-0.4, -0.2) is 61.4 Å². The van der Waals surface area contributed by atoms with Gasteiger partial charge in [0.05, 0.1) is 22.9 Å². The molecule has 192 valence electrons. The Kier molecular flexibility index (Phi) is 6.68. The zero-order valence-electron chi connectivity index (χ0n) is 20.4. The molecule has 0 bridgehead atoms. The van der Waals surface area contributed by atoms with E-state index in [2.05, 4.69) is 10.2 Å². The second kappa shape index (κ2) is 9.76. The van der Waals surface area contributed by atoms with Gasteiger partial charge in [-0.2, -0.15) is 13.2 Å². The highest BCUT2D eigenvalue weighted by Crippen LogP contribution is 2.39. The van der Waals surface area contributed by atoms with Crippen molar-refractivity contribution in [3.05, 3.63) is 59.2 Å². The fraction of sp³-hybridized carbons (Fsp3) is 0.481. The van der Waals surface area contributed by atoms with E-state index in [4.69, 9.17) is 0 Å². The fourth-order valence-corrected chi connectivity index (χ4v) is 5.23. The molecule has 2 heterocycles. The average Bonchev–Trinajstić information content (AvgIpc) is 3.57. The molecule has 1 atom stereocenters. The Morgan fingerprint density at radius 3 is 2.39 bits per heavy atom. The lowest BCUT2D eigenvalue weighted by atomic mass is 9.95. The fourth-order valence-electron chi connectivity index (χ4n) is 5.23. The standard InChI is InChI=1S/C27H31F3N4O2/c1-32-14-15-34(24(17-32)20-6-2-3-7-22(20)27(28,29)30)26(36)21-11-10-19(31-25(35)18-8-9-18)16-23(21)33-12-4-5-13-33/h2-3,6-7,10-11,16,18,24H,4-5,8-9,12-15,17H2,1H3,(H,31,35)/t24-/m1/s1. The van der Waals surface area contributed by atoms with Crippen LogP contribution in [0, 0.1) is 5.92 Å². The monoisotopic (exact) mass is 500 g/mol. The minimum Gasteiger partial charge on any atom is -0.371 e. The Morgan fingerprint density at radius 2 is 1.69 bits per heavy atom. The molecule has 0 aromatic heterocycles. The summed E-state index contributed by atoms with van der Waals surface area (Å²) in [4.78, 5) is 32.0. The van der Waals surface area contributed by atoms with Crippen LogP contribution < -0.4 is 10.2 Å². The number of carbonyl (C=O) groups is 2. The van der Waals surface area contributed by atoms with Gasteiger partial charge >= 0.3 is 6.18 Å². The number of nitrogens with one attached hydrogen (secondary N) is 1. The van der Waals surface area contributed by atoms with E-state index in [0.29, 0.717) is 30.9 Å². The Hall–Kier alpha value is -3.07. The van der Waals surface area contributed by atoms with Crippen LogP contribution in [0.15, 0.2) is 42.5 Å². The van der Waals surface area contributed by atoms with Crippen LogP contribution in [0.1, 0.15) is 53.2 Å². The third-order valence-corrected chi connectivity index (χ3v) is 7.36. The highest BCUT2D eigenvalue weighted by atomic mass is 19.4. The predicted molar refractivity (Wildman–Crippen MR) is 132 cm³/mol. The molecule has 2 aliphatic heterocycles. The van der Waals surface area contributed by atoms with E-state index in [1.807, 2.05) is 18.0 Å². The second-order valence-electron chi connectivity index (χ2n) is 10.1. The van der Waals surface area contributed by atoms with Crippen molar-refractivity contribution in [1.82, 2.24) is 9.80 Å². The van der Waals surface area contributed by atoms with Crippen molar-refractivity contribution < 1.29 is 22.8 Å². The predicted octanol–water partition coefficient (Wildman–Crippen LogP) is 4.78. The Morgan fingerprint density at radius 1 is 0.972 bits per heavy atom. The molecule has 1 aliphatic carbocycles. The first-order chi connectivity index (χ1) is 17.2. The van der Waals surface area contributed by atoms with Crippen LogP contribution in [0.3, 0.4) is 0 Å². The van der Waals surface area contributed by atoms with Crippen LogP contribution in [0.4, 0.5) is 24.5 Å². The van der Waals surface area contributed by atoms with E-state index in [0.717, 1.165) is 50.5 Å². The van der Waals surface area contributed by atoms with Gasteiger partial charge in [-0.05, 0) is 62.6 Å². The van der Waals surface area contributed by atoms with Crippen molar-refractivity contribution in [3.63, 3.8) is 0 Å². The first-order valence-corrected chi connectivity index (χ1v) is 12.6. The normalized spacial score (nSPS) is 21.1. The molecular formula is C27H31F3N4O2. The zero-order valence-corrected chi connectivity index (χ0v) is 20.4. The molecule has 0 spiro atoms. The molecule has 2 saturated heterocycles. The number of benzene rings is 2. The maximum Gasteiger partial charge on any atom is 0.416 e. The van der Waals surface area contributed by atoms with E-state index in [-0.39, 0.29) is 23.3 Å². The zero-order chi connectivity index (χ0) is 25.4. The van der Waals surface area contributed by atoms with E-state index in [1.165, 1.54) is 12.1 Å². The topological polar surface area (TPSA) is 55.9 Å². The summed E-state index contributed by atoms with van der Waals surface area (Å²) in [5.74, 6) is -0.238. The van der Waals surface area contributed by atoms with Crippen LogP contribution in [0.25, 0.3) is 0 Å². The molecule has 36 heavy (non-hydrogen) atoms. The minimum atomic E-state index is -4.51. The average molecular weight is 501 g/mol. The maximum absolute atomic E-state index is 14.0. The van der Waals surface area contributed by atoms with Crippen molar-refractivity contribution in [2.45, 2.75) is 37.9 Å². The van der Waals surface area contributed by atoms with Gasteiger partial charge in [0.15, 0.2) is 0 Å². The van der Waals surface area contributed by atoms with Gasteiger partial charge < -0.3 is 20.0 Å². The maximum atomic E-state index is 14.0. The third kappa shape index (κ3) is 5.07. The highest BCUT2D eigenvalue weighted by molar-refractivity contribution is 6.02. The third-order valence-electron chi connectivity index (χ3n) is 7.36. The number of amides is 2. The highest BCUT2D eigenvalue weighted by Gasteiger charge is 2.40. The second-order valence-corrected chi connectivity index (χ2v) is 10.1. The van der Waals surface area contributed by atoms with Crippen molar-refractivity contribution in [2.75, 3.05) is 50.0 Å². The first kappa shape index (κ1) is 24.6. The molecule has 0 radical (unpaired) electrons. The number of piperazine rings is 1. The molecule has 1 N–H and O–H groups in total. The van der Waals surface area contributed by atoms with E-state index in [1.54, 1.807) is 23.1 Å². The number of hydrogen-bond donors (Lipinski definition) is 1. The van der Waals surface area contributed by atoms with Crippen LogP contribution >= 0.6 is 0 Å². The number of hydrogen-bond acceptors (Lipinski definition) is 4. The summed E-state index contributed by atoms with van der Waals surface area (Å²) in [7, 11) is 1.86. The number of likely N-dealkylation sites (N-methyl/N-ethyl adjacent to an activating group) is 1. The van der Waals surface area contributed by atoms with Crippen molar-refractivity contribution in [3.8, 4) is 0 Å². The van der Waals surface area contributed by atoms with Gasteiger partial charge in [-0.15, -0.1) is 0 Å². The van der Waals surface area contributed by atoms with Gasteiger partial charge in [-0.25, -0.2) is 0 Å². The number of nitrogens with zero attached hydrogens (tertiary/aromatic N) is 3. The lowest BCUT2D eigenvalue weighted by Crippen LogP contribution is -2.50. The number of carbonyl (C=O) groups excluding carboxylic acids is 2. The molecule has 0 unspecified atom stereocenters. The molecule has 5 rings (SSSR count). The summed E-state index contributed by atoms with van der Waals surface area (Å²) in [5.41, 5.74) is 1.23. The number of halogens is 3. The van der Waals surface area contributed by atoms with Gasteiger partial charge in [-0.1, -0.05) is 18.2 Å². The van der Waals surface area contributed by atoms with Crippen LogP contribution in [0.2, 0.25) is 0 Å². The van der Waals surface area contributed by atoms with E-state index in [9.17, 15) is 22.8 Å². The summed E-state index contributed by atoms with van der Waals surface area (Å²) in [5, 5.41) is 2.96. The lowest BCUT2D eigenvalue weighted by molar-refractivity contribution is -0.139. The Bertz CT molecular complexity index is 1140. The quantitative estimate of drug-likeness (QED) is 0.642. The SMILES string of the molecule is CN1CCN(C(=O)c2ccc(NC(=O)C3CC3)cc2N2CCCC2)[C@@H](c2ccccc2C(F)(F)F)C1. The van der Waals surface area contributed by atoms with Crippen molar-refractivity contribution in [2.24, 2.45) is 5.92 Å². The molecule has 2 amide bonds. The van der Waals surface area contributed by atoms with Crippen molar-refractivity contribution >= 4 is 23.2 Å². The smallest absolute Gasteiger partial charge is 0.371 e. The minimum absolute atomic E-state index is 0.00987. The van der Waals surface area contributed by atoms with Crippen LogP contribution in [-0.2, 0) is 11.0 Å². The van der Waals surface area contributed by atoms with Gasteiger partial charge in [0, 0.05) is 44.3 Å². The molecule has 3 aliphatic rings. The Balaban J connectivity index is 1.50. The summed E-state index contributed by atoms with van der Waals surface area (Å²) < 4.78 is 41.6. The summed E-state index contributed by atoms with van der Waals surface area (Å²) in [6, 6.07) is 10.1. The largest absolute Gasteiger partial charge is 0.416 e. The molecule has 2 aromatic carbocycles. The summed E-state index contributed by atoms with van der Waals surface area (Å²) in [6.07, 6.45) is -0.717. The molecule has 9 heteroatoms.